The van der Waals surface area contributed by atoms with E-state index in [-0.39, 0.29) is 17.0 Å². The zero-order valence-electron chi connectivity index (χ0n) is 13.2. The first-order valence-electron chi connectivity index (χ1n) is 7.22. The van der Waals surface area contributed by atoms with E-state index in [9.17, 15) is 4.79 Å². The molecule has 23 heavy (non-hydrogen) atoms. The van der Waals surface area contributed by atoms with Crippen LogP contribution in [0.5, 0.6) is 0 Å². The maximum Gasteiger partial charge on any atom is 0.232 e. The molecule has 0 saturated heterocycles. The summed E-state index contributed by atoms with van der Waals surface area (Å²) in [6.45, 7) is 6.52. The maximum atomic E-state index is 12.2. The van der Waals surface area contributed by atoms with Gasteiger partial charge < -0.3 is 4.42 Å². The second-order valence-electron chi connectivity index (χ2n) is 6.21. The zero-order valence-corrected chi connectivity index (χ0v) is 13.2. The molecule has 0 radical (unpaired) electrons. The average molecular weight is 311 g/mol. The number of carbonyl (C=O) groups excluding carboxylic acids is 1. The highest BCUT2D eigenvalue weighted by Crippen LogP contribution is 2.21. The molecule has 0 aliphatic carbocycles. The van der Waals surface area contributed by atoms with E-state index in [0.717, 1.165) is 5.69 Å². The molecule has 0 atom stereocenters. The van der Waals surface area contributed by atoms with Gasteiger partial charge in [0.05, 0.1) is 5.69 Å². The van der Waals surface area contributed by atoms with Gasteiger partial charge in [0.25, 0.3) is 0 Å². The highest BCUT2D eigenvalue weighted by atomic mass is 16.3. The predicted octanol–water partition coefficient (Wildman–Crippen LogP) is 2.24. The summed E-state index contributed by atoms with van der Waals surface area (Å²) in [5.41, 5.74) is 1.30. The Hall–Kier alpha value is -2.83. The molecule has 118 valence electrons. The van der Waals surface area contributed by atoms with Crippen LogP contribution in [0.15, 0.2) is 41.5 Å². The van der Waals surface area contributed by atoms with Gasteiger partial charge >= 0.3 is 0 Å². The van der Waals surface area contributed by atoms with Gasteiger partial charge in [0.2, 0.25) is 17.5 Å². The molecular formula is C16H17N5O2. The first kappa shape index (κ1) is 15.1. The molecule has 7 heteroatoms. The second kappa shape index (κ2) is 5.75. The molecule has 0 bridgehead atoms. The first-order chi connectivity index (χ1) is 10.9. The van der Waals surface area contributed by atoms with Crippen LogP contribution in [0.1, 0.15) is 48.5 Å². The minimum atomic E-state index is -0.242. The third-order valence-electron chi connectivity index (χ3n) is 3.30. The summed E-state index contributed by atoms with van der Waals surface area (Å²) >= 11 is 0. The lowest BCUT2D eigenvalue weighted by Crippen LogP contribution is -2.12. The Balaban J connectivity index is 1.75. The van der Waals surface area contributed by atoms with Crippen molar-refractivity contribution in [3.05, 3.63) is 60.1 Å². The number of carbonyl (C=O) groups is 1. The average Bonchev–Trinajstić information content (AvgIpc) is 3.17. The molecule has 3 aromatic heterocycles. The van der Waals surface area contributed by atoms with Crippen LogP contribution in [-0.4, -0.2) is 30.5 Å². The van der Waals surface area contributed by atoms with E-state index in [2.05, 4.69) is 40.8 Å². The molecule has 0 saturated carbocycles. The van der Waals surface area contributed by atoms with Gasteiger partial charge in [-0.3, -0.25) is 9.78 Å². The van der Waals surface area contributed by atoms with Crippen LogP contribution in [0.2, 0.25) is 0 Å². The monoisotopic (exact) mass is 311 g/mol. The van der Waals surface area contributed by atoms with E-state index in [1.165, 1.54) is 11.0 Å². The largest absolute Gasteiger partial charge is 0.447 e. The summed E-state index contributed by atoms with van der Waals surface area (Å²) in [6.07, 6.45) is 6.26. The number of rotatable bonds is 4. The van der Waals surface area contributed by atoms with E-state index in [1.54, 1.807) is 30.8 Å². The zero-order chi connectivity index (χ0) is 16.4. The van der Waals surface area contributed by atoms with Crippen molar-refractivity contribution in [2.45, 2.75) is 32.7 Å². The molecule has 0 spiro atoms. The Kier molecular flexibility index (Phi) is 3.77. The lowest BCUT2D eigenvalue weighted by molar-refractivity contribution is 0.102. The Bertz CT molecular complexity index is 814. The van der Waals surface area contributed by atoms with Crippen molar-refractivity contribution in [2.75, 3.05) is 0 Å². The van der Waals surface area contributed by atoms with E-state index < -0.39 is 0 Å². The van der Waals surface area contributed by atoms with E-state index in [1.807, 2.05) is 0 Å². The van der Waals surface area contributed by atoms with Crippen LogP contribution in [0, 0.1) is 0 Å². The molecule has 3 rings (SSSR count). The summed E-state index contributed by atoms with van der Waals surface area (Å²) in [5, 5.41) is 4.19. The number of hydrogen-bond acceptors (Lipinski definition) is 6. The number of aromatic nitrogens is 5. The second-order valence-corrected chi connectivity index (χ2v) is 6.21. The first-order valence-corrected chi connectivity index (χ1v) is 7.22. The normalized spacial score (nSPS) is 11.6. The number of oxazole rings is 1. The maximum absolute atomic E-state index is 12.2. The summed E-state index contributed by atoms with van der Waals surface area (Å²) < 4.78 is 6.99. The molecular weight excluding hydrogens is 294 g/mol. The van der Waals surface area contributed by atoms with Crippen molar-refractivity contribution in [3.8, 4) is 0 Å². The van der Waals surface area contributed by atoms with Gasteiger partial charge in [0.1, 0.15) is 19.1 Å². The predicted molar refractivity (Wildman–Crippen MR) is 82.0 cm³/mol. The molecule has 0 fully saturated rings. The molecule has 0 N–H and O–H groups in total. The Morgan fingerprint density at radius 1 is 1.26 bits per heavy atom. The van der Waals surface area contributed by atoms with Gasteiger partial charge in [-0.25, -0.2) is 14.6 Å². The van der Waals surface area contributed by atoms with Gasteiger partial charge in [0.15, 0.2) is 0 Å². The van der Waals surface area contributed by atoms with Crippen molar-refractivity contribution in [2.24, 2.45) is 0 Å². The molecule has 3 heterocycles. The van der Waals surface area contributed by atoms with Gasteiger partial charge in [-0.15, -0.1) is 5.10 Å². The minimum absolute atomic E-state index is 0.0768. The fourth-order valence-electron chi connectivity index (χ4n) is 1.97. The molecule has 0 amide bonds. The molecule has 0 unspecified atom stereocenters. The smallest absolute Gasteiger partial charge is 0.232 e. The van der Waals surface area contributed by atoms with Crippen LogP contribution in [-0.2, 0) is 12.0 Å². The summed E-state index contributed by atoms with van der Waals surface area (Å²) in [4.78, 5) is 24.6. The number of ketones is 1. The number of nitrogens with zero attached hydrogens (tertiary/aromatic N) is 5. The van der Waals surface area contributed by atoms with Crippen LogP contribution in [0.25, 0.3) is 0 Å². The molecule has 0 aromatic carbocycles. The Labute approximate surface area is 133 Å². The third-order valence-corrected chi connectivity index (χ3v) is 3.30. The molecule has 0 aliphatic heterocycles. The quantitative estimate of drug-likeness (QED) is 0.687. The van der Waals surface area contributed by atoms with Gasteiger partial charge in [-0.1, -0.05) is 20.8 Å². The lowest BCUT2D eigenvalue weighted by Gasteiger charge is -2.12. The molecule has 0 aliphatic rings. The van der Waals surface area contributed by atoms with Crippen molar-refractivity contribution in [1.29, 1.82) is 0 Å². The van der Waals surface area contributed by atoms with Crippen molar-refractivity contribution in [3.63, 3.8) is 0 Å². The van der Waals surface area contributed by atoms with Crippen LogP contribution in [0.4, 0.5) is 0 Å². The Morgan fingerprint density at radius 2 is 2.00 bits per heavy atom. The topological polar surface area (TPSA) is 86.7 Å². The lowest BCUT2D eigenvalue weighted by atomic mass is 9.93. The van der Waals surface area contributed by atoms with Crippen molar-refractivity contribution < 1.29 is 9.21 Å². The standard InChI is InChI=1S/C16H17N5O2/c1-16(2,3)12-9-23-13(19-12)8-21-10-18-15(20-21)14(22)11-4-6-17-7-5-11/h4-7,9-10H,8H2,1-3H3. The van der Waals surface area contributed by atoms with Gasteiger partial charge in [-0.05, 0) is 12.1 Å². The van der Waals surface area contributed by atoms with Crippen LogP contribution < -0.4 is 0 Å². The summed E-state index contributed by atoms with van der Waals surface area (Å²) in [7, 11) is 0. The number of pyridine rings is 1. The van der Waals surface area contributed by atoms with E-state index >= 15 is 0 Å². The SMILES string of the molecule is CC(C)(C)c1coc(Cn2cnc(C(=O)c3ccncc3)n2)n1. The van der Waals surface area contributed by atoms with E-state index in [0.29, 0.717) is 18.0 Å². The van der Waals surface area contributed by atoms with E-state index in [4.69, 9.17) is 4.42 Å². The fraction of sp³-hybridized carbons (Fsp3) is 0.312. The fourth-order valence-corrected chi connectivity index (χ4v) is 1.97. The summed E-state index contributed by atoms with van der Waals surface area (Å²) in [5.74, 6) is 0.426. The molecule has 7 nitrogen and oxygen atoms in total. The van der Waals surface area contributed by atoms with Crippen LogP contribution in [0.3, 0.4) is 0 Å². The number of hydrogen-bond donors (Lipinski definition) is 0. The highest BCUT2D eigenvalue weighted by molar-refractivity contribution is 6.06. The highest BCUT2D eigenvalue weighted by Gasteiger charge is 2.19. The minimum Gasteiger partial charge on any atom is -0.447 e. The van der Waals surface area contributed by atoms with Gasteiger partial charge in [-0.2, -0.15) is 0 Å². The van der Waals surface area contributed by atoms with Gasteiger partial charge in [0, 0.05) is 23.4 Å². The van der Waals surface area contributed by atoms with Crippen molar-refractivity contribution in [1.82, 2.24) is 24.7 Å². The molecule has 3 aromatic rings. The van der Waals surface area contributed by atoms with Crippen LogP contribution >= 0.6 is 0 Å². The third kappa shape index (κ3) is 3.33. The van der Waals surface area contributed by atoms with Crippen molar-refractivity contribution >= 4 is 5.78 Å². The summed E-state index contributed by atoms with van der Waals surface area (Å²) in [6, 6.07) is 3.26. The Morgan fingerprint density at radius 3 is 2.65 bits per heavy atom.